The van der Waals surface area contributed by atoms with Crippen LogP contribution in [0.5, 0.6) is 11.5 Å². The lowest BCUT2D eigenvalue weighted by atomic mass is 10.1. The van der Waals surface area contributed by atoms with Gasteiger partial charge in [0, 0.05) is 6.07 Å². The fourth-order valence-corrected chi connectivity index (χ4v) is 2.31. The second-order valence-electron chi connectivity index (χ2n) is 5.01. The number of halogens is 1. The van der Waals surface area contributed by atoms with Crippen molar-refractivity contribution in [3.8, 4) is 11.5 Å². The molecule has 9 heteroatoms. The number of ether oxygens (including phenoxy) is 1. The first-order chi connectivity index (χ1) is 11.8. The molecule has 0 saturated carbocycles. The summed E-state index contributed by atoms with van der Waals surface area (Å²) >= 11 is 5.99. The van der Waals surface area contributed by atoms with E-state index in [2.05, 4.69) is 10.5 Å². The van der Waals surface area contributed by atoms with Gasteiger partial charge in [-0.05, 0) is 30.2 Å². The number of benzene rings is 2. The third-order valence-electron chi connectivity index (χ3n) is 3.24. The Labute approximate surface area is 147 Å². The second kappa shape index (κ2) is 7.63. The lowest BCUT2D eigenvalue weighted by Gasteiger charge is -2.14. The molecule has 0 fully saturated rings. The van der Waals surface area contributed by atoms with E-state index in [4.69, 9.17) is 16.3 Å². The first-order valence-corrected chi connectivity index (χ1v) is 7.34. The fraction of sp³-hybridized carbons (Fsp3) is 0.125. The maximum atomic E-state index is 12.0. The average molecular weight is 363 g/mol. The molecule has 0 unspecified atom stereocenters. The first-order valence-electron chi connectivity index (χ1n) is 6.96. The number of carbonyl (C=O) groups excluding carboxylic acids is 1. The monoisotopic (exact) mass is 362 g/mol. The predicted octanol–water partition coefficient (Wildman–Crippen LogP) is 2.40. The van der Waals surface area contributed by atoms with E-state index < -0.39 is 16.6 Å². The van der Waals surface area contributed by atoms with Gasteiger partial charge in [0.1, 0.15) is 5.75 Å². The third kappa shape index (κ3) is 4.24. The number of nitro groups is 1. The molecule has 2 rings (SSSR count). The Balaban J connectivity index is 2.23. The highest BCUT2D eigenvalue weighted by Crippen LogP contribution is 2.31. The Morgan fingerprint density at radius 1 is 1.36 bits per heavy atom. The number of hydrazone groups is 1. The molecule has 2 aromatic carbocycles. The molecule has 8 nitrogen and oxygen atoms in total. The van der Waals surface area contributed by atoms with Crippen molar-refractivity contribution in [3.05, 3.63) is 62.2 Å². The van der Waals surface area contributed by atoms with Crippen molar-refractivity contribution >= 4 is 29.4 Å². The van der Waals surface area contributed by atoms with E-state index in [-0.39, 0.29) is 27.6 Å². The summed E-state index contributed by atoms with van der Waals surface area (Å²) in [6.07, 6.45) is 1.01. The van der Waals surface area contributed by atoms with Crippen LogP contribution in [0.3, 0.4) is 0 Å². The van der Waals surface area contributed by atoms with Crippen molar-refractivity contribution in [3.63, 3.8) is 0 Å². The normalized spacial score (nSPS) is 10.7. The molecule has 0 saturated heterocycles. The van der Waals surface area contributed by atoms with Crippen molar-refractivity contribution in [1.29, 1.82) is 0 Å². The molecule has 1 amide bonds. The minimum atomic E-state index is -0.663. The number of nitrogens with zero attached hydrogens (tertiary/aromatic N) is 2. The lowest BCUT2D eigenvalue weighted by Crippen LogP contribution is -2.18. The highest BCUT2D eigenvalue weighted by molar-refractivity contribution is 6.33. The van der Waals surface area contributed by atoms with E-state index in [9.17, 15) is 20.0 Å². The summed E-state index contributed by atoms with van der Waals surface area (Å²) in [5.41, 5.74) is 2.90. The summed E-state index contributed by atoms with van der Waals surface area (Å²) in [5, 5.41) is 26.8. The Hall–Kier alpha value is -3.13. The number of hydrogen-bond acceptors (Lipinski definition) is 6. The number of amides is 1. The molecule has 0 spiro atoms. The van der Waals surface area contributed by atoms with Crippen LogP contribution in [0.2, 0.25) is 5.02 Å². The summed E-state index contributed by atoms with van der Waals surface area (Å²) in [4.78, 5) is 22.3. The molecule has 0 aliphatic heterocycles. The van der Waals surface area contributed by atoms with Crippen LogP contribution in [0.15, 0.2) is 35.4 Å². The molecule has 25 heavy (non-hydrogen) atoms. The largest absolute Gasteiger partial charge is 0.870 e. The topological polar surface area (TPSA) is 117 Å². The molecule has 130 valence electrons. The molecule has 0 aliphatic carbocycles. The molecule has 0 aliphatic rings. The van der Waals surface area contributed by atoms with E-state index in [1.165, 1.54) is 13.2 Å². The number of aryl methyl sites for hydroxylation is 1. The second-order valence-corrected chi connectivity index (χ2v) is 5.41. The van der Waals surface area contributed by atoms with Gasteiger partial charge in [0.05, 0.1) is 34.9 Å². The van der Waals surface area contributed by atoms with Gasteiger partial charge in [0.15, 0.2) is 0 Å². The van der Waals surface area contributed by atoms with Crippen LogP contribution in [-0.4, -0.2) is 24.2 Å². The summed E-state index contributed by atoms with van der Waals surface area (Å²) in [5.74, 6) is -1.35. The van der Waals surface area contributed by atoms with Gasteiger partial charge in [0.25, 0.3) is 11.6 Å². The maximum absolute atomic E-state index is 12.0. The van der Waals surface area contributed by atoms with Crippen molar-refractivity contribution in [2.24, 2.45) is 5.10 Å². The molecule has 0 radical (unpaired) electrons. The SMILES string of the molecule is COc1cc([N+](=O)[O-])cc(/C=N\NC(=O)c2ccc(C)cc2Cl)c1[O-]. The molecule has 0 atom stereocenters. The van der Waals surface area contributed by atoms with Crippen LogP contribution in [0.1, 0.15) is 21.5 Å². The molecular weight excluding hydrogens is 350 g/mol. The zero-order valence-corrected chi connectivity index (χ0v) is 14.0. The maximum Gasteiger partial charge on any atom is 0.273 e. The summed E-state index contributed by atoms with van der Waals surface area (Å²) in [6, 6.07) is 6.94. The van der Waals surface area contributed by atoms with Gasteiger partial charge >= 0.3 is 0 Å². The number of nitrogens with one attached hydrogen (secondary N) is 1. The molecule has 0 bridgehead atoms. The highest BCUT2D eigenvalue weighted by atomic mass is 35.5. The van der Waals surface area contributed by atoms with Crippen LogP contribution in [0.4, 0.5) is 5.69 Å². The van der Waals surface area contributed by atoms with Gasteiger partial charge in [0.2, 0.25) is 0 Å². The van der Waals surface area contributed by atoms with Gasteiger partial charge < -0.3 is 9.84 Å². The van der Waals surface area contributed by atoms with E-state index in [1.807, 2.05) is 6.92 Å². The van der Waals surface area contributed by atoms with Crippen LogP contribution in [-0.2, 0) is 0 Å². The van der Waals surface area contributed by atoms with Gasteiger partial charge in [-0.3, -0.25) is 14.9 Å². The van der Waals surface area contributed by atoms with E-state index >= 15 is 0 Å². The number of nitro benzene ring substituents is 1. The highest BCUT2D eigenvalue weighted by Gasteiger charge is 2.12. The van der Waals surface area contributed by atoms with Gasteiger partial charge in [-0.2, -0.15) is 5.10 Å². The standard InChI is InChI=1S/C16H14ClN3O5/c1-9-3-4-12(13(17)5-9)16(22)19-18-8-10-6-11(20(23)24)7-14(25-2)15(10)21/h3-8,21H,1-2H3,(H,19,22)/p-1/b18-8-. The Bertz CT molecular complexity index is 867. The van der Waals surface area contributed by atoms with E-state index in [0.717, 1.165) is 23.9 Å². The van der Waals surface area contributed by atoms with Crippen LogP contribution >= 0.6 is 11.6 Å². The Morgan fingerprint density at radius 3 is 2.68 bits per heavy atom. The van der Waals surface area contributed by atoms with Crippen LogP contribution in [0.25, 0.3) is 0 Å². The lowest BCUT2D eigenvalue weighted by molar-refractivity contribution is -0.385. The third-order valence-corrected chi connectivity index (χ3v) is 3.55. The number of carbonyl (C=O) groups is 1. The molecule has 0 aromatic heterocycles. The minimum Gasteiger partial charge on any atom is -0.870 e. The van der Waals surface area contributed by atoms with Crippen molar-refractivity contribution in [1.82, 2.24) is 5.43 Å². The number of non-ortho nitro benzene ring substituents is 1. The van der Waals surface area contributed by atoms with Gasteiger partial charge in [-0.1, -0.05) is 23.4 Å². The quantitative estimate of drug-likeness (QED) is 0.498. The van der Waals surface area contributed by atoms with Crippen LogP contribution < -0.4 is 15.3 Å². The smallest absolute Gasteiger partial charge is 0.273 e. The Morgan fingerprint density at radius 2 is 2.08 bits per heavy atom. The molecule has 1 N–H and O–H groups in total. The van der Waals surface area contributed by atoms with Crippen LogP contribution in [0, 0.1) is 17.0 Å². The zero-order valence-electron chi connectivity index (χ0n) is 13.3. The predicted molar refractivity (Wildman–Crippen MR) is 90.3 cm³/mol. The zero-order chi connectivity index (χ0) is 18.6. The summed E-state index contributed by atoms with van der Waals surface area (Å²) in [7, 11) is 1.22. The molecule has 2 aromatic rings. The minimum absolute atomic E-state index is 0.0960. The fourth-order valence-electron chi connectivity index (χ4n) is 1.99. The first kappa shape index (κ1) is 18.2. The summed E-state index contributed by atoms with van der Waals surface area (Å²) < 4.78 is 4.82. The average Bonchev–Trinajstić information content (AvgIpc) is 2.55. The number of rotatable bonds is 5. The van der Waals surface area contributed by atoms with Crippen molar-refractivity contribution in [2.75, 3.05) is 7.11 Å². The Kier molecular flexibility index (Phi) is 5.56. The van der Waals surface area contributed by atoms with E-state index in [1.54, 1.807) is 12.1 Å². The molecular formula is C16H13ClN3O5-. The summed E-state index contributed by atoms with van der Waals surface area (Å²) in [6.45, 7) is 1.83. The van der Waals surface area contributed by atoms with Crippen molar-refractivity contribution in [2.45, 2.75) is 6.92 Å². The molecule has 0 heterocycles. The van der Waals surface area contributed by atoms with E-state index in [0.29, 0.717) is 0 Å². The van der Waals surface area contributed by atoms with Crippen molar-refractivity contribution < 1.29 is 19.6 Å². The van der Waals surface area contributed by atoms with Gasteiger partial charge in [-0.25, -0.2) is 5.43 Å². The number of hydrogen-bond donors (Lipinski definition) is 1. The number of methoxy groups -OCH3 is 1. The van der Waals surface area contributed by atoms with Gasteiger partial charge in [-0.15, -0.1) is 0 Å².